The molecule has 130 valence electrons. The Hall–Kier alpha value is -3.20. The molecule has 0 unspecified atom stereocenters. The van der Waals surface area contributed by atoms with E-state index in [2.05, 4.69) is 30.9 Å². The Morgan fingerprint density at radius 1 is 1.24 bits per heavy atom. The van der Waals surface area contributed by atoms with Crippen LogP contribution in [0.1, 0.15) is 11.4 Å². The minimum Gasteiger partial charge on any atom is -0.494 e. The van der Waals surface area contributed by atoms with Gasteiger partial charge in [-0.25, -0.2) is 9.67 Å². The third kappa shape index (κ3) is 3.66. The molecule has 0 fully saturated rings. The Kier molecular flexibility index (Phi) is 4.75. The highest BCUT2D eigenvalue weighted by molar-refractivity contribution is 5.62. The molecule has 0 saturated carbocycles. The maximum Gasteiger partial charge on any atom is 0.229 e. The molecule has 0 spiro atoms. The fourth-order valence-corrected chi connectivity index (χ4v) is 2.32. The molecule has 2 heterocycles. The van der Waals surface area contributed by atoms with Gasteiger partial charge in [0, 0.05) is 24.5 Å². The zero-order chi connectivity index (χ0) is 17.8. The molecule has 0 atom stereocenters. The zero-order valence-electron chi connectivity index (χ0n) is 14.2. The fourth-order valence-electron chi connectivity index (χ4n) is 2.32. The van der Waals surface area contributed by atoms with E-state index in [4.69, 9.17) is 9.84 Å². The first-order valence-corrected chi connectivity index (χ1v) is 7.64. The van der Waals surface area contributed by atoms with Crippen LogP contribution < -0.4 is 15.4 Å². The van der Waals surface area contributed by atoms with Crippen LogP contribution in [0.3, 0.4) is 0 Å². The van der Waals surface area contributed by atoms with Crippen molar-refractivity contribution in [3.05, 3.63) is 41.9 Å². The normalized spacial score (nSPS) is 10.6. The minimum absolute atomic E-state index is 0.176. The van der Waals surface area contributed by atoms with Gasteiger partial charge in [0.05, 0.1) is 19.9 Å². The van der Waals surface area contributed by atoms with Crippen molar-refractivity contribution in [2.24, 2.45) is 0 Å². The van der Waals surface area contributed by atoms with Gasteiger partial charge in [-0.3, -0.25) is 0 Å². The van der Waals surface area contributed by atoms with E-state index in [0.29, 0.717) is 23.1 Å². The summed E-state index contributed by atoms with van der Waals surface area (Å²) >= 11 is 0. The average Bonchev–Trinajstić information content (AvgIpc) is 3.10. The number of benzene rings is 1. The SMILES string of the molecule is CNc1cc(C)nc(Nc2ccc(OC)c(-n3cc(CO)nn3)c2)n1. The molecule has 0 radical (unpaired) electrons. The van der Waals surface area contributed by atoms with Crippen molar-refractivity contribution in [1.29, 1.82) is 0 Å². The predicted octanol–water partition coefficient (Wildman–Crippen LogP) is 1.65. The number of ether oxygens (including phenoxy) is 1. The molecular formula is C16H19N7O2. The van der Waals surface area contributed by atoms with Crippen molar-refractivity contribution >= 4 is 17.5 Å². The van der Waals surface area contributed by atoms with Gasteiger partial charge in [-0.2, -0.15) is 4.98 Å². The summed E-state index contributed by atoms with van der Waals surface area (Å²) in [6, 6.07) is 7.37. The number of aryl methyl sites for hydroxylation is 1. The third-order valence-corrected chi connectivity index (χ3v) is 3.50. The van der Waals surface area contributed by atoms with E-state index in [1.807, 2.05) is 31.2 Å². The number of aromatic nitrogens is 5. The van der Waals surface area contributed by atoms with Gasteiger partial charge in [0.1, 0.15) is 22.9 Å². The Morgan fingerprint density at radius 3 is 2.76 bits per heavy atom. The first kappa shape index (κ1) is 16.7. The highest BCUT2D eigenvalue weighted by Crippen LogP contribution is 2.27. The molecule has 25 heavy (non-hydrogen) atoms. The molecule has 3 aromatic rings. The van der Waals surface area contributed by atoms with Crippen LogP contribution in [0.2, 0.25) is 0 Å². The lowest BCUT2D eigenvalue weighted by Crippen LogP contribution is -2.04. The number of aliphatic hydroxyl groups is 1. The van der Waals surface area contributed by atoms with Crippen molar-refractivity contribution in [1.82, 2.24) is 25.0 Å². The van der Waals surface area contributed by atoms with Crippen LogP contribution in [0.4, 0.5) is 17.5 Å². The van der Waals surface area contributed by atoms with Crippen LogP contribution in [-0.2, 0) is 6.61 Å². The first-order chi connectivity index (χ1) is 12.1. The smallest absolute Gasteiger partial charge is 0.229 e. The van der Waals surface area contributed by atoms with E-state index >= 15 is 0 Å². The minimum atomic E-state index is -0.176. The van der Waals surface area contributed by atoms with Gasteiger partial charge in [0.15, 0.2) is 0 Å². The summed E-state index contributed by atoms with van der Waals surface area (Å²) in [6.07, 6.45) is 1.64. The van der Waals surface area contributed by atoms with Gasteiger partial charge in [-0.15, -0.1) is 5.10 Å². The van der Waals surface area contributed by atoms with Crippen molar-refractivity contribution in [2.75, 3.05) is 24.8 Å². The second-order valence-electron chi connectivity index (χ2n) is 5.29. The molecule has 2 aromatic heterocycles. The summed E-state index contributed by atoms with van der Waals surface area (Å²) in [6.45, 7) is 1.73. The first-order valence-electron chi connectivity index (χ1n) is 7.64. The highest BCUT2D eigenvalue weighted by Gasteiger charge is 2.11. The summed E-state index contributed by atoms with van der Waals surface area (Å²) in [7, 11) is 3.39. The maximum atomic E-state index is 9.17. The highest BCUT2D eigenvalue weighted by atomic mass is 16.5. The van der Waals surface area contributed by atoms with Gasteiger partial charge >= 0.3 is 0 Å². The van der Waals surface area contributed by atoms with Crippen molar-refractivity contribution in [3.8, 4) is 11.4 Å². The van der Waals surface area contributed by atoms with E-state index < -0.39 is 0 Å². The molecule has 9 nitrogen and oxygen atoms in total. The van der Waals surface area contributed by atoms with Crippen LogP contribution in [0.25, 0.3) is 5.69 Å². The number of aliphatic hydroxyl groups excluding tert-OH is 1. The summed E-state index contributed by atoms with van der Waals surface area (Å²) < 4.78 is 6.93. The van der Waals surface area contributed by atoms with Gasteiger partial charge in [0.25, 0.3) is 0 Å². The molecular weight excluding hydrogens is 322 g/mol. The lowest BCUT2D eigenvalue weighted by Gasteiger charge is -2.12. The van der Waals surface area contributed by atoms with Crippen LogP contribution in [0.5, 0.6) is 5.75 Å². The van der Waals surface area contributed by atoms with Crippen LogP contribution in [0.15, 0.2) is 30.5 Å². The number of hydrogen-bond donors (Lipinski definition) is 3. The molecule has 0 bridgehead atoms. The topological polar surface area (TPSA) is 110 Å². The van der Waals surface area contributed by atoms with Crippen LogP contribution in [-0.4, -0.2) is 44.2 Å². The Labute approximate surface area is 144 Å². The van der Waals surface area contributed by atoms with Gasteiger partial charge in [0.2, 0.25) is 5.95 Å². The average molecular weight is 341 g/mol. The molecule has 0 aliphatic heterocycles. The quantitative estimate of drug-likeness (QED) is 0.621. The molecule has 3 N–H and O–H groups in total. The van der Waals surface area contributed by atoms with Gasteiger partial charge < -0.3 is 20.5 Å². The molecule has 9 heteroatoms. The fraction of sp³-hybridized carbons (Fsp3) is 0.250. The molecule has 1 aromatic carbocycles. The van der Waals surface area contributed by atoms with Crippen molar-refractivity contribution in [2.45, 2.75) is 13.5 Å². The van der Waals surface area contributed by atoms with E-state index in [1.165, 1.54) is 0 Å². The summed E-state index contributed by atoms with van der Waals surface area (Å²) in [5.74, 6) is 1.84. The lowest BCUT2D eigenvalue weighted by molar-refractivity contribution is 0.276. The van der Waals surface area contributed by atoms with Crippen LogP contribution in [0, 0.1) is 6.92 Å². The molecule has 0 aliphatic carbocycles. The molecule has 0 saturated heterocycles. The number of nitrogens with zero attached hydrogens (tertiary/aromatic N) is 5. The standard InChI is InChI=1S/C16H19N7O2/c1-10-6-15(17-2)20-16(18-10)19-11-4-5-14(25-3)13(7-11)23-8-12(9-24)21-22-23/h4-8,24H,9H2,1-3H3,(H2,17,18,19,20). The van der Waals surface area contributed by atoms with E-state index in [-0.39, 0.29) is 6.61 Å². The number of nitrogens with one attached hydrogen (secondary N) is 2. The monoisotopic (exact) mass is 341 g/mol. The summed E-state index contributed by atoms with van der Waals surface area (Å²) in [4.78, 5) is 8.76. The third-order valence-electron chi connectivity index (χ3n) is 3.50. The second-order valence-corrected chi connectivity index (χ2v) is 5.29. The maximum absolute atomic E-state index is 9.17. The largest absolute Gasteiger partial charge is 0.494 e. The van der Waals surface area contributed by atoms with Gasteiger partial charge in [-0.1, -0.05) is 5.21 Å². The Morgan fingerprint density at radius 2 is 2.08 bits per heavy atom. The predicted molar refractivity (Wildman–Crippen MR) is 93.4 cm³/mol. The van der Waals surface area contributed by atoms with Crippen molar-refractivity contribution < 1.29 is 9.84 Å². The van der Waals surface area contributed by atoms with E-state index in [1.54, 1.807) is 25.0 Å². The Balaban J connectivity index is 1.95. The van der Waals surface area contributed by atoms with Gasteiger partial charge in [-0.05, 0) is 25.1 Å². The van der Waals surface area contributed by atoms with E-state index in [0.717, 1.165) is 17.2 Å². The number of methoxy groups -OCH3 is 1. The molecule has 3 rings (SSSR count). The Bertz CT molecular complexity index is 879. The van der Waals surface area contributed by atoms with Crippen molar-refractivity contribution in [3.63, 3.8) is 0 Å². The van der Waals surface area contributed by atoms with Crippen LogP contribution >= 0.6 is 0 Å². The molecule has 0 aliphatic rings. The molecule has 0 amide bonds. The summed E-state index contributed by atoms with van der Waals surface area (Å²) in [5, 5.41) is 23.2. The lowest BCUT2D eigenvalue weighted by atomic mass is 10.2. The number of hydrogen-bond acceptors (Lipinski definition) is 8. The number of rotatable bonds is 6. The zero-order valence-corrected chi connectivity index (χ0v) is 14.2. The number of anilines is 3. The van der Waals surface area contributed by atoms with E-state index in [9.17, 15) is 0 Å². The second kappa shape index (κ2) is 7.14. The summed E-state index contributed by atoms with van der Waals surface area (Å²) in [5.41, 5.74) is 2.77.